The molecule has 0 radical (unpaired) electrons. The Bertz CT molecular complexity index is 1370. The molecule has 0 bridgehead atoms. The van der Waals surface area contributed by atoms with Gasteiger partial charge in [-0.1, -0.05) is 118 Å². The fourth-order valence-electron chi connectivity index (χ4n) is 5.22. The van der Waals surface area contributed by atoms with Crippen molar-refractivity contribution in [2.45, 2.75) is 78.7 Å². The lowest BCUT2D eigenvalue weighted by atomic mass is 9.94. The third kappa shape index (κ3) is 8.57. The van der Waals surface area contributed by atoms with Crippen molar-refractivity contribution in [1.82, 2.24) is 0 Å². The molecule has 0 saturated heterocycles. The zero-order valence-electron chi connectivity index (χ0n) is 25.1. The number of rotatable bonds is 14. The first kappa shape index (κ1) is 30.1. The number of ether oxygens (including phenoxy) is 2. The fraction of sp³-hybridized carbons (Fsp3) is 0.342. The van der Waals surface area contributed by atoms with Gasteiger partial charge in [0.1, 0.15) is 5.75 Å². The van der Waals surface area contributed by atoms with Gasteiger partial charge in [-0.15, -0.1) is 0 Å². The Kier molecular flexibility index (Phi) is 11.2. The van der Waals surface area contributed by atoms with Crippen LogP contribution in [-0.4, -0.2) is 18.7 Å². The van der Waals surface area contributed by atoms with E-state index in [-0.39, 0.29) is 5.97 Å². The van der Waals surface area contributed by atoms with E-state index in [1.54, 1.807) is 13.8 Å². The summed E-state index contributed by atoms with van der Waals surface area (Å²) in [5.41, 5.74) is 9.85. The first-order valence-corrected chi connectivity index (χ1v) is 15.2. The molecule has 0 aliphatic heterocycles. The summed E-state index contributed by atoms with van der Waals surface area (Å²) in [6.07, 6.45) is 8.57. The van der Waals surface area contributed by atoms with E-state index in [0.29, 0.717) is 12.4 Å². The second-order valence-corrected chi connectivity index (χ2v) is 10.9. The minimum atomic E-state index is -0.637. The van der Waals surface area contributed by atoms with Gasteiger partial charge in [-0.3, -0.25) is 0 Å². The Balaban J connectivity index is 1.36. The van der Waals surface area contributed by atoms with Crippen molar-refractivity contribution in [3.8, 4) is 39.1 Å². The van der Waals surface area contributed by atoms with Gasteiger partial charge in [0.2, 0.25) is 0 Å². The van der Waals surface area contributed by atoms with Crippen LogP contribution in [0.3, 0.4) is 0 Å². The molecule has 41 heavy (non-hydrogen) atoms. The summed E-state index contributed by atoms with van der Waals surface area (Å²) in [4.78, 5) is 11.8. The lowest BCUT2D eigenvalue weighted by Crippen LogP contribution is -2.25. The third-order valence-electron chi connectivity index (χ3n) is 7.65. The normalized spacial score (nSPS) is 11.7. The van der Waals surface area contributed by atoms with E-state index < -0.39 is 6.10 Å². The van der Waals surface area contributed by atoms with Gasteiger partial charge >= 0.3 is 5.97 Å². The van der Waals surface area contributed by atoms with Crippen molar-refractivity contribution in [3.05, 3.63) is 102 Å². The molecule has 4 aromatic rings. The molecule has 0 heterocycles. The molecule has 0 N–H and O–H groups in total. The lowest BCUT2D eigenvalue weighted by Gasteiger charge is -2.14. The first-order chi connectivity index (χ1) is 20.0. The van der Waals surface area contributed by atoms with Crippen molar-refractivity contribution in [1.29, 1.82) is 0 Å². The maximum atomic E-state index is 11.8. The summed E-state index contributed by atoms with van der Waals surface area (Å²) < 4.78 is 10.8. The molecular weight excluding hydrogens is 504 g/mol. The molecule has 0 amide bonds. The van der Waals surface area contributed by atoms with E-state index in [4.69, 9.17) is 9.47 Å². The lowest BCUT2D eigenvalue weighted by molar-refractivity contribution is -0.150. The number of carbonyl (C=O) groups is 1. The van der Waals surface area contributed by atoms with Gasteiger partial charge in [0.15, 0.2) is 6.10 Å². The smallest absolute Gasteiger partial charge is 0.347 e. The van der Waals surface area contributed by atoms with Gasteiger partial charge in [0.25, 0.3) is 0 Å². The third-order valence-corrected chi connectivity index (χ3v) is 7.65. The quantitative estimate of drug-likeness (QED) is 0.116. The highest BCUT2D eigenvalue weighted by atomic mass is 16.6. The molecule has 0 saturated carbocycles. The largest absolute Gasteiger partial charge is 0.479 e. The van der Waals surface area contributed by atoms with Crippen molar-refractivity contribution in [3.63, 3.8) is 0 Å². The first-order valence-electron chi connectivity index (χ1n) is 15.2. The summed E-state index contributed by atoms with van der Waals surface area (Å²) in [5, 5.41) is 0. The van der Waals surface area contributed by atoms with Crippen LogP contribution in [0, 0.1) is 6.92 Å². The van der Waals surface area contributed by atoms with Crippen molar-refractivity contribution >= 4 is 5.97 Å². The van der Waals surface area contributed by atoms with E-state index in [0.717, 1.165) is 5.56 Å². The predicted octanol–water partition coefficient (Wildman–Crippen LogP) is 10.2. The Morgan fingerprint density at radius 2 is 1.20 bits per heavy atom. The van der Waals surface area contributed by atoms with Crippen LogP contribution in [0.25, 0.3) is 33.4 Å². The summed E-state index contributed by atoms with van der Waals surface area (Å²) in [5.74, 6) is 0.295. The monoisotopic (exact) mass is 548 g/mol. The maximum Gasteiger partial charge on any atom is 0.347 e. The maximum absolute atomic E-state index is 11.8. The van der Waals surface area contributed by atoms with Crippen LogP contribution in [0.2, 0.25) is 0 Å². The van der Waals surface area contributed by atoms with E-state index in [1.807, 2.05) is 24.3 Å². The highest BCUT2D eigenvalue weighted by Crippen LogP contribution is 2.31. The molecule has 0 aromatic heterocycles. The molecule has 1 unspecified atom stereocenters. The van der Waals surface area contributed by atoms with Crippen LogP contribution in [-0.2, 0) is 16.0 Å². The van der Waals surface area contributed by atoms with E-state index in [2.05, 4.69) is 80.6 Å². The molecule has 0 fully saturated rings. The van der Waals surface area contributed by atoms with Gasteiger partial charge in [0, 0.05) is 0 Å². The zero-order valence-corrected chi connectivity index (χ0v) is 25.1. The molecule has 3 heteroatoms. The molecule has 1 atom stereocenters. The molecule has 4 rings (SSSR count). The van der Waals surface area contributed by atoms with Crippen molar-refractivity contribution < 1.29 is 14.3 Å². The van der Waals surface area contributed by atoms with Crippen molar-refractivity contribution in [2.75, 3.05) is 6.61 Å². The standard InChI is InChI=1S/C38H44O3/c1-5-7-8-9-10-11-12-30-13-15-31(16-14-30)32-17-19-33(20-18-32)35-23-26-37(28(3)27-35)34-21-24-36(25-22-34)41-29(4)38(39)40-6-2/h13-27,29H,5-12H2,1-4H3. The second kappa shape index (κ2) is 15.2. The summed E-state index contributed by atoms with van der Waals surface area (Å²) in [7, 11) is 0. The van der Waals surface area contributed by atoms with E-state index >= 15 is 0 Å². The summed E-state index contributed by atoms with van der Waals surface area (Å²) in [6, 6.07) is 32.4. The zero-order chi connectivity index (χ0) is 29.0. The van der Waals surface area contributed by atoms with Crippen LogP contribution in [0.4, 0.5) is 0 Å². The van der Waals surface area contributed by atoms with Gasteiger partial charge in [-0.05, 0) is 90.3 Å². The topological polar surface area (TPSA) is 35.5 Å². The number of unbranched alkanes of at least 4 members (excludes halogenated alkanes) is 5. The van der Waals surface area contributed by atoms with Crippen LogP contribution in [0.5, 0.6) is 5.75 Å². The number of hydrogen-bond acceptors (Lipinski definition) is 3. The highest BCUT2D eigenvalue weighted by molar-refractivity contribution is 5.76. The average Bonchev–Trinajstić information content (AvgIpc) is 3.00. The fourth-order valence-corrected chi connectivity index (χ4v) is 5.22. The summed E-state index contributed by atoms with van der Waals surface area (Å²) >= 11 is 0. The molecule has 0 spiro atoms. The van der Waals surface area contributed by atoms with Gasteiger partial charge in [0.05, 0.1) is 6.61 Å². The Labute approximate surface area is 246 Å². The van der Waals surface area contributed by atoms with E-state index in [1.165, 1.54) is 83.9 Å². The van der Waals surface area contributed by atoms with E-state index in [9.17, 15) is 4.79 Å². The van der Waals surface area contributed by atoms with Gasteiger partial charge in [-0.25, -0.2) is 4.79 Å². The number of esters is 1. The Hall–Kier alpha value is -3.85. The molecular formula is C38H44O3. The number of aryl methyl sites for hydroxylation is 2. The SMILES string of the molecule is CCCCCCCCc1ccc(-c2ccc(-c3ccc(-c4ccc(OC(C)C(=O)OCC)cc4)c(C)c3)cc2)cc1. The molecule has 3 nitrogen and oxygen atoms in total. The van der Waals surface area contributed by atoms with Crippen molar-refractivity contribution in [2.24, 2.45) is 0 Å². The number of benzene rings is 4. The van der Waals surface area contributed by atoms with Crippen LogP contribution < -0.4 is 4.74 Å². The molecule has 214 valence electrons. The van der Waals surface area contributed by atoms with Gasteiger partial charge < -0.3 is 9.47 Å². The van der Waals surface area contributed by atoms with Crippen LogP contribution in [0.1, 0.15) is 70.4 Å². The number of carbonyl (C=O) groups excluding carboxylic acids is 1. The van der Waals surface area contributed by atoms with Gasteiger partial charge in [-0.2, -0.15) is 0 Å². The number of hydrogen-bond donors (Lipinski definition) is 0. The predicted molar refractivity (Wildman–Crippen MR) is 171 cm³/mol. The molecule has 0 aliphatic carbocycles. The minimum Gasteiger partial charge on any atom is -0.479 e. The minimum absolute atomic E-state index is 0.345. The van der Waals surface area contributed by atoms with Crippen LogP contribution in [0.15, 0.2) is 91.0 Å². The molecule has 0 aliphatic rings. The van der Waals surface area contributed by atoms with Crippen LogP contribution >= 0.6 is 0 Å². The molecule has 4 aromatic carbocycles. The Morgan fingerprint density at radius 3 is 1.80 bits per heavy atom. The summed E-state index contributed by atoms with van der Waals surface area (Å²) in [6.45, 7) is 8.25. The average molecular weight is 549 g/mol. The Morgan fingerprint density at radius 1 is 0.659 bits per heavy atom. The highest BCUT2D eigenvalue weighted by Gasteiger charge is 2.15. The second-order valence-electron chi connectivity index (χ2n) is 10.9.